The number of fused-ring (bicyclic) bond motifs is 1. The number of hydrogen-bond acceptors (Lipinski definition) is 5. The van der Waals surface area contributed by atoms with E-state index in [1.807, 2.05) is 42.3 Å². The maximum Gasteiger partial charge on any atom is 0.453 e. The molecule has 1 saturated heterocycles. The zero-order valence-electron chi connectivity index (χ0n) is 18.2. The zero-order valence-corrected chi connectivity index (χ0v) is 18.2. The number of halogens is 3. The quantitative estimate of drug-likeness (QED) is 0.616. The first kappa shape index (κ1) is 22.2. The fourth-order valence-corrected chi connectivity index (χ4v) is 4.24. The number of rotatable bonds is 4. The highest BCUT2D eigenvalue weighted by molar-refractivity contribution is 5.77. The Hall–Kier alpha value is -3.01. The number of aromatic nitrogens is 4. The summed E-state index contributed by atoms with van der Waals surface area (Å²) in [6.07, 6.45) is -4.03. The summed E-state index contributed by atoms with van der Waals surface area (Å²) in [5, 5.41) is 3.58. The number of carbonyl (C=O) groups is 1. The maximum absolute atomic E-state index is 13.2. The van der Waals surface area contributed by atoms with Crippen LogP contribution in [-0.2, 0) is 17.4 Å². The molecule has 3 heterocycles. The molecule has 1 atom stereocenters. The summed E-state index contributed by atoms with van der Waals surface area (Å²) < 4.78 is 40.1. The van der Waals surface area contributed by atoms with E-state index in [0.29, 0.717) is 24.4 Å². The van der Waals surface area contributed by atoms with Gasteiger partial charge in [0.25, 0.3) is 11.6 Å². The van der Waals surface area contributed by atoms with Crippen molar-refractivity contribution in [2.24, 2.45) is 0 Å². The predicted molar refractivity (Wildman–Crippen MR) is 112 cm³/mol. The number of aryl methyl sites for hydroxylation is 2. The maximum atomic E-state index is 13.2. The van der Waals surface area contributed by atoms with Gasteiger partial charge in [0.15, 0.2) is 0 Å². The Morgan fingerprint density at radius 2 is 1.84 bits per heavy atom. The van der Waals surface area contributed by atoms with Gasteiger partial charge in [-0.15, -0.1) is 5.10 Å². The third kappa shape index (κ3) is 4.32. The van der Waals surface area contributed by atoms with Crippen molar-refractivity contribution in [3.8, 4) is 0 Å². The first-order chi connectivity index (χ1) is 15.1. The van der Waals surface area contributed by atoms with Crippen LogP contribution in [0.5, 0.6) is 0 Å². The molecule has 0 saturated carbocycles. The minimum atomic E-state index is -4.64. The molecule has 7 nitrogen and oxygen atoms in total. The lowest BCUT2D eigenvalue weighted by Crippen LogP contribution is -2.49. The summed E-state index contributed by atoms with van der Waals surface area (Å²) in [5.74, 6) is -1.30. The molecular weight excluding hydrogens is 421 g/mol. The van der Waals surface area contributed by atoms with E-state index in [9.17, 15) is 18.0 Å². The molecule has 32 heavy (non-hydrogen) atoms. The van der Waals surface area contributed by atoms with Crippen LogP contribution in [0.4, 0.5) is 13.2 Å². The third-order valence-corrected chi connectivity index (χ3v) is 5.98. The summed E-state index contributed by atoms with van der Waals surface area (Å²) in [6, 6.07) is 9.90. The first-order valence-corrected chi connectivity index (χ1v) is 10.5. The van der Waals surface area contributed by atoms with Crippen molar-refractivity contribution in [1.29, 1.82) is 0 Å². The van der Waals surface area contributed by atoms with E-state index in [2.05, 4.69) is 20.0 Å². The second-order valence-electron chi connectivity index (χ2n) is 8.18. The lowest BCUT2D eigenvalue weighted by molar-refractivity contribution is -0.144. The molecule has 10 heteroatoms. The Bertz CT molecular complexity index is 1130. The van der Waals surface area contributed by atoms with E-state index >= 15 is 0 Å². The van der Waals surface area contributed by atoms with Gasteiger partial charge in [-0.1, -0.05) is 30.3 Å². The van der Waals surface area contributed by atoms with Crippen molar-refractivity contribution in [3.05, 3.63) is 58.7 Å². The number of alkyl halides is 3. The average molecular weight is 446 g/mol. The molecule has 0 spiro atoms. The van der Waals surface area contributed by atoms with Gasteiger partial charge in [0.1, 0.15) is 0 Å². The largest absolute Gasteiger partial charge is 0.453 e. The molecule has 1 aliphatic heterocycles. The number of likely N-dealkylation sites (N-methyl/N-ethyl adjacent to an activating group) is 1. The number of benzene rings is 1. The molecule has 0 aliphatic carbocycles. The SMILES string of the molecule is Cc1nc2nc(C(F)(F)F)nn2c(C)c1CCC(=O)N1CCN(C)CC1c1ccccc1. The van der Waals surface area contributed by atoms with Crippen molar-refractivity contribution in [3.63, 3.8) is 0 Å². The fourth-order valence-electron chi connectivity index (χ4n) is 4.24. The van der Waals surface area contributed by atoms with Crippen LogP contribution in [-0.4, -0.2) is 62.0 Å². The number of piperazine rings is 1. The number of amides is 1. The van der Waals surface area contributed by atoms with Crippen LogP contribution in [0.25, 0.3) is 5.78 Å². The van der Waals surface area contributed by atoms with Gasteiger partial charge in [0.05, 0.1) is 6.04 Å². The summed E-state index contributed by atoms with van der Waals surface area (Å²) in [7, 11) is 2.04. The molecule has 2 aromatic heterocycles. The van der Waals surface area contributed by atoms with Crippen molar-refractivity contribution in [1.82, 2.24) is 29.4 Å². The van der Waals surface area contributed by atoms with E-state index in [-0.39, 0.29) is 24.1 Å². The van der Waals surface area contributed by atoms with Crippen LogP contribution in [0.1, 0.15) is 40.8 Å². The van der Waals surface area contributed by atoms with Gasteiger partial charge >= 0.3 is 6.18 Å². The van der Waals surface area contributed by atoms with Gasteiger partial charge < -0.3 is 9.80 Å². The number of carbonyl (C=O) groups excluding carboxylic acids is 1. The second-order valence-corrected chi connectivity index (χ2v) is 8.18. The summed E-state index contributed by atoms with van der Waals surface area (Å²) >= 11 is 0. The third-order valence-electron chi connectivity index (χ3n) is 5.98. The van der Waals surface area contributed by atoms with Crippen LogP contribution in [0, 0.1) is 13.8 Å². The Kier molecular flexibility index (Phi) is 5.89. The van der Waals surface area contributed by atoms with Crippen molar-refractivity contribution >= 4 is 11.7 Å². The highest BCUT2D eigenvalue weighted by Crippen LogP contribution is 2.28. The summed E-state index contributed by atoms with van der Waals surface area (Å²) in [5.41, 5.74) is 2.88. The number of hydrogen-bond donors (Lipinski definition) is 0. The second kappa shape index (κ2) is 8.50. The highest BCUT2D eigenvalue weighted by Gasteiger charge is 2.37. The molecule has 0 bridgehead atoms. The Balaban J connectivity index is 1.55. The van der Waals surface area contributed by atoms with Crippen LogP contribution in [0.3, 0.4) is 0 Å². The molecule has 4 rings (SSSR count). The zero-order chi connectivity index (χ0) is 23.0. The minimum absolute atomic E-state index is 0.0143. The van der Waals surface area contributed by atoms with Crippen LogP contribution in [0.15, 0.2) is 30.3 Å². The van der Waals surface area contributed by atoms with E-state index in [1.165, 1.54) is 0 Å². The van der Waals surface area contributed by atoms with Gasteiger partial charge in [-0.25, -0.2) is 9.50 Å². The Labute approximate surface area is 183 Å². The van der Waals surface area contributed by atoms with Gasteiger partial charge in [0.2, 0.25) is 5.91 Å². The first-order valence-electron chi connectivity index (χ1n) is 10.5. The van der Waals surface area contributed by atoms with E-state index in [1.54, 1.807) is 13.8 Å². The van der Waals surface area contributed by atoms with Gasteiger partial charge in [-0.2, -0.15) is 18.2 Å². The molecule has 3 aromatic rings. The molecule has 170 valence electrons. The average Bonchev–Trinajstić information content (AvgIpc) is 3.19. The smallest absolute Gasteiger partial charge is 0.333 e. The van der Waals surface area contributed by atoms with Crippen molar-refractivity contribution in [2.45, 2.75) is 38.9 Å². The molecular formula is C22H25F3N6O. The van der Waals surface area contributed by atoms with Gasteiger partial charge in [-0.05, 0) is 38.4 Å². The van der Waals surface area contributed by atoms with Crippen LogP contribution < -0.4 is 0 Å². The molecule has 1 unspecified atom stereocenters. The molecule has 0 N–H and O–H groups in total. The summed E-state index contributed by atoms with van der Waals surface area (Å²) in [4.78, 5) is 25.0. The fraction of sp³-hybridized carbons (Fsp3) is 0.455. The Morgan fingerprint density at radius 3 is 2.53 bits per heavy atom. The number of nitrogens with zero attached hydrogens (tertiary/aromatic N) is 6. The van der Waals surface area contributed by atoms with Gasteiger partial charge in [-0.3, -0.25) is 4.79 Å². The van der Waals surface area contributed by atoms with E-state index in [4.69, 9.17) is 0 Å². The summed E-state index contributed by atoms with van der Waals surface area (Å²) in [6.45, 7) is 5.57. The minimum Gasteiger partial charge on any atom is -0.333 e. The van der Waals surface area contributed by atoms with Crippen molar-refractivity contribution < 1.29 is 18.0 Å². The molecule has 1 fully saturated rings. The standard InChI is InChI=1S/C22H25F3N6O/c1-14-17(15(2)31-21(26-14)27-20(28-31)22(23,24)25)9-10-19(32)30-12-11-29(3)13-18(30)16-7-5-4-6-8-16/h4-8,18H,9-13H2,1-3H3. The topological polar surface area (TPSA) is 66.6 Å². The lowest BCUT2D eigenvalue weighted by atomic mass is 10.0. The highest BCUT2D eigenvalue weighted by atomic mass is 19.4. The molecule has 1 amide bonds. The van der Waals surface area contributed by atoms with Crippen LogP contribution >= 0.6 is 0 Å². The normalized spacial score (nSPS) is 17.8. The van der Waals surface area contributed by atoms with Crippen molar-refractivity contribution in [2.75, 3.05) is 26.7 Å². The predicted octanol–water partition coefficient (Wildman–Crippen LogP) is 3.21. The van der Waals surface area contributed by atoms with E-state index < -0.39 is 12.0 Å². The molecule has 0 radical (unpaired) electrons. The molecule has 1 aromatic carbocycles. The molecule has 1 aliphatic rings. The monoisotopic (exact) mass is 446 g/mol. The van der Waals surface area contributed by atoms with Gasteiger partial charge in [0, 0.05) is 37.4 Å². The Morgan fingerprint density at radius 1 is 1.12 bits per heavy atom. The lowest BCUT2D eigenvalue weighted by Gasteiger charge is -2.40. The van der Waals surface area contributed by atoms with E-state index in [0.717, 1.165) is 28.7 Å². The van der Waals surface area contributed by atoms with Crippen LogP contribution in [0.2, 0.25) is 0 Å².